The van der Waals surface area contributed by atoms with Crippen LogP contribution in [0.1, 0.15) is 30.4 Å². The fourth-order valence-electron chi connectivity index (χ4n) is 3.79. The average molecular weight is 448 g/mol. The Morgan fingerprint density at radius 1 is 1.34 bits per heavy atom. The molecule has 0 spiro atoms. The van der Waals surface area contributed by atoms with Crippen LogP contribution in [0.4, 0.5) is 13.2 Å². The molecule has 2 aromatic rings. The summed E-state index contributed by atoms with van der Waals surface area (Å²) >= 11 is 0. The first kappa shape index (κ1) is 23.7. The fourth-order valence-corrected chi connectivity index (χ4v) is 3.79. The third-order valence-electron chi connectivity index (χ3n) is 5.78. The molecule has 32 heavy (non-hydrogen) atoms. The van der Waals surface area contributed by atoms with Crippen LogP contribution < -0.4 is 5.32 Å². The number of carbonyl (C=O) groups excluding carboxylic acids is 1. The molecule has 1 aliphatic heterocycles. The van der Waals surface area contributed by atoms with E-state index in [1.165, 1.54) is 0 Å². The molecular weight excluding hydrogens is 419 g/mol. The van der Waals surface area contributed by atoms with E-state index in [1.54, 1.807) is 23.5 Å². The van der Waals surface area contributed by atoms with Gasteiger partial charge in [-0.3, -0.25) is 4.79 Å². The van der Waals surface area contributed by atoms with Crippen molar-refractivity contribution in [1.29, 1.82) is 0 Å². The Hall–Kier alpha value is -2.94. The number of hydrogen-bond donors (Lipinski definition) is 1. The van der Waals surface area contributed by atoms with Gasteiger partial charge in [-0.15, -0.1) is 0 Å². The number of alkyl halides is 3. The largest absolute Gasteiger partial charge is 0.390 e. The molecule has 0 radical (unpaired) electrons. The fraction of sp³-hybridized carbons (Fsp3) is 0.435. The van der Waals surface area contributed by atoms with Gasteiger partial charge in [-0.2, -0.15) is 13.2 Å². The van der Waals surface area contributed by atoms with Crippen LogP contribution in [0.5, 0.6) is 0 Å². The zero-order valence-corrected chi connectivity index (χ0v) is 18.3. The number of imidazole rings is 1. The van der Waals surface area contributed by atoms with E-state index < -0.39 is 12.6 Å². The van der Waals surface area contributed by atoms with Crippen molar-refractivity contribution >= 4 is 18.7 Å². The third-order valence-corrected chi connectivity index (χ3v) is 5.78. The molecule has 1 N–H and O–H groups in total. The minimum Gasteiger partial charge on any atom is -0.334 e. The van der Waals surface area contributed by atoms with E-state index in [9.17, 15) is 18.0 Å². The first-order valence-corrected chi connectivity index (χ1v) is 10.5. The number of aliphatic imine (C=N–C) groups is 1. The average Bonchev–Trinajstić information content (AvgIpc) is 3.18. The van der Waals surface area contributed by atoms with Crippen LogP contribution in [0.15, 0.2) is 41.5 Å². The lowest BCUT2D eigenvalue weighted by Crippen LogP contribution is -2.41. The molecule has 0 bridgehead atoms. The highest BCUT2D eigenvalue weighted by Gasteiger charge is 2.30. The first-order valence-electron chi connectivity index (χ1n) is 10.5. The molecule has 6 nitrogen and oxygen atoms in total. The van der Waals surface area contributed by atoms with Crippen molar-refractivity contribution < 1.29 is 18.0 Å². The molecule has 2 heterocycles. The van der Waals surface area contributed by atoms with Crippen LogP contribution >= 0.6 is 0 Å². The number of aromatic nitrogens is 2. The van der Waals surface area contributed by atoms with Crippen molar-refractivity contribution in [3.8, 4) is 11.3 Å². The maximum absolute atomic E-state index is 12.7. The second-order valence-corrected chi connectivity index (χ2v) is 8.12. The van der Waals surface area contributed by atoms with Gasteiger partial charge >= 0.3 is 6.18 Å². The summed E-state index contributed by atoms with van der Waals surface area (Å²) in [5.74, 6) is -0.0940. The number of likely N-dealkylation sites (tertiary alicyclic amines) is 1. The summed E-state index contributed by atoms with van der Waals surface area (Å²) in [6.45, 7) is 6.46. The molecule has 9 heteroatoms. The van der Waals surface area contributed by atoms with Gasteiger partial charge in [0.25, 0.3) is 0 Å². The van der Waals surface area contributed by atoms with E-state index >= 15 is 0 Å². The molecular formula is C23H28F3N5O. The second kappa shape index (κ2) is 10.1. The van der Waals surface area contributed by atoms with Crippen LogP contribution in [0, 0.1) is 12.8 Å². The van der Waals surface area contributed by atoms with Crippen molar-refractivity contribution in [1.82, 2.24) is 19.8 Å². The van der Waals surface area contributed by atoms with Crippen LogP contribution in [-0.4, -0.2) is 52.9 Å². The number of nitrogens with zero attached hydrogens (tertiary/aromatic N) is 4. The molecule has 0 unspecified atom stereocenters. The molecule has 1 amide bonds. The number of nitrogens with one attached hydrogen (secondary N) is 1. The maximum Gasteiger partial charge on any atom is 0.390 e. The minimum absolute atomic E-state index is 0.0243. The van der Waals surface area contributed by atoms with Gasteiger partial charge in [-0.05, 0) is 62.8 Å². The number of amides is 1. The topological polar surface area (TPSA) is 62.5 Å². The summed E-state index contributed by atoms with van der Waals surface area (Å²) in [6.07, 6.45) is 1.35. The molecule has 3 rings (SSSR count). The summed E-state index contributed by atoms with van der Waals surface area (Å²) < 4.78 is 39.2. The Balaban J connectivity index is 1.64. The number of aryl methyl sites for hydroxylation is 2. The van der Waals surface area contributed by atoms with E-state index in [2.05, 4.69) is 22.0 Å². The molecule has 0 saturated carbocycles. The number of rotatable bonds is 7. The van der Waals surface area contributed by atoms with Gasteiger partial charge in [-0.1, -0.05) is 12.1 Å². The molecule has 1 aromatic carbocycles. The van der Waals surface area contributed by atoms with Gasteiger partial charge in [0.1, 0.15) is 5.82 Å². The van der Waals surface area contributed by atoms with E-state index in [-0.39, 0.29) is 18.4 Å². The summed E-state index contributed by atoms with van der Waals surface area (Å²) in [5.41, 5.74) is 3.87. The summed E-state index contributed by atoms with van der Waals surface area (Å²) in [6, 6.07) is 6.01. The van der Waals surface area contributed by atoms with Crippen molar-refractivity contribution in [2.24, 2.45) is 18.0 Å². The summed E-state index contributed by atoms with van der Waals surface area (Å²) in [4.78, 5) is 22.6. The predicted molar refractivity (Wildman–Crippen MR) is 119 cm³/mol. The van der Waals surface area contributed by atoms with Crippen LogP contribution in [-0.2, 0) is 11.8 Å². The molecule has 1 fully saturated rings. The quantitative estimate of drug-likeness (QED) is 0.648. The molecule has 1 aliphatic rings. The normalized spacial score (nSPS) is 16.2. The number of halogens is 3. The second-order valence-electron chi connectivity index (χ2n) is 8.12. The summed E-state index contributed by atoms with van der Waals surface area (Å²) in [7, 11) is 1.92. The molecule has 1 aromatic heterocycles. The lowest BCUT2D eigenvalue weighted by atomic mass is 9.95. The van der Waals surface area contributed by atoms with Crippen molar-refractivity contribution in [2.75, 3.05) is 19.6 Å². The SMILES string of the molecule is C=N/C(=C\c1cc(-c2cncn2C)ccc1C)NC(=O)C1CCN(CCC(F)(F)F)CC1. The third kappa shape index (κ3) is 6.29. The number of carbonyl (C=O) groups is 1. The number of piperidine rings is 1. The molecule has 172 valence electrons. The van der Waals surface area contributed by atoms with Crippen LogP contribution in [0.3, 0.4) is 0 Å². The molecule has 0 atom stereocenters. The van der Waals surface area contributed by atoms with Crippen molar-refractivity contribution in [3.05, 3.63) is 47.7 Å². The van der Waals surface area contributed by atoms with Gasteiger partial charge in [0.05, 0.1) is 24.6 Å². The Morgan fingerprint density at radius 2 is 2.06 bits per heavy atom. The van der Waals surface area contributed by atoms with Gasteiger partial charge < -0.3 is 14.8 Å². The predicted octanol–water partition coefficient (Wildman–Crippen LogP) is 4.18. The van der Waals surface area contributed by atoms with E-state index in [4.69, 9.17) is 0 Å². The van der Waals surface area contributed by atoms with Crippen LogP contribution in [0.2, 0.25) is 0 Å². The standard InChI is InChI=1S/C23H28F3N5O/c1-16-4-5-18(20-14-28-15-30(20)3)12-19(16)13-21(27-2)29-22(32)17-6-9-31(10-7-17)11-8-23(24,25)26/h4-5,12-15,17H,2,6-11H2,1,3H3,(H,29,32)/b21-13+. The zero-order valence-electron chi connectivity index (χ0n) is 18.3. The maximum atomic E-state index is 12.7. The minimum atomic E-state index is -4.16. The Bertz CT molecular complexity index is 988. The Morgan fingerprint density at radius 3 is 2.66 bits per heavy atom. The van der Waals surface area contributed by atoms with Crippen molar-refractivity contribution in [3.63, 3.8) is 0 Å². The lowest BCUT2D eigenvalue weighted by Gasteiger charge is -2.31. The lowest BCUT2D eigenvalue weighted by molar-refractivity contribution is -0.139. The molecule has 0 aliphatic carbocycles. The van der Waals surface area contributed by atoms with Gasteiger partial charge in [-0.25, -0.2) is 9.98 Å². The first-order chi connectivity index (χ1) is 15.2. The Labute approximate surface area is 185 Å². The van der Waals surface area contributed by atoms with Gasteiger partial charge in [0, 0.05) is 25.1 Å². The molecule has 1 saturated heterocycles. The van der Waals surface area contributed by atoms with Gasteiger partial charge in [0.15, 0.2) is 0 Å². The highest BCUT2D eigenvalue weighted by molar-refractivity contribution is 5.82. The number of hydrogen-bond acceptors (Lipinski definition) is 4. The Kier molecular flexibility index (Phi) is 7.50. The van der Waals surface area contributed by atoms with E-state index in [1.807, 2.05) is 36.7 Å². The van der Waals surface area contributed by atoms with E-state index in [0.717, 1.165) is 22.4 Å². The monoisotopic (exact) mass is 447 g/mol. The van der Waals surface area contributed by atoms with Crippen LogP contribution in [0.25, 0.3) is 17.3 Å². The van der Waals surface area contributed by atoms with Gasteiger partial charge in [0.2, 0.25) is 5.91 Å². The summed E-state index contributed by atoms with van der Waals surface area (Å²) in [5, 5.41) is 2.83. The van der Waals surface area contributed by atoms with Crippen molar-refractivity contribution in [2.45, 2.75) is 32.4 Å². The van der Waals surface area contributed by atoms with E-state index in [0.29, 0.717) is 31.8 Å². The highest BCUT2D eigenvalue weighted by Crippen LogP contribution is 2.25. The smallest absolute Gasteiger partial charge is 0.334 e. The zero-order chi connectivity index (χ0) is 23.3. The number of benzene rings is 1. The highest BCUT2D eigenvalue weighted by atomic mass is 19.4.